The van der Waals surface area contributed by atoms with Crippen molar-refractivity contribution in [3.05, 3.63) is 24.3 Å². The van der Waals surface area contributed by atoms with Gasteiger partial charge >= 0.3 is 0 Å². The van der Waals surface area contributed by atoms with Crippen LogP contribution >= 0.6 is 0 Å². The third-order valence-electron chi connectivity index (χ3n) is 3.49. The normalized spacial score (nSPS) is 11.0. The van der Waals surface area contributed by atoms with Gasteiger partial charge in [0.05, 0.1) is 0 Å². The topological polar surface area (TPSA) is 55.6 Å². The molecule has 0 aliphatic carbocycles. The van der Waals surface area contributed by atoms with Crippen LogP contribution < -0.4 is 10.5 Å². The van der Waals surface area contributed by atoms with Crippen molar-refractivity contribution < 1.29 is 9.53 Å². The quantitative estimate of drug-likeness (QED) is 0.748. The van der Waals surface area contributed by atoms with Crippen molar-refractivity contribution in [1.29, 1.82) is 0 Å². The highest BCUT2D eigenvalue weighted by Gasteiger charge is 2.22. The molecule has 1 aromatic carbocycles. The summed E-state index contributed by atoms with van der Waals surface area (Å²) < 4.78 is 5.58. The standard InChI is InChI=1S/C17H28N2O2/c1-5-15(6-2)19(11-13(3)4)17(20)12-21-16-9-7-8-14(18)10-16/h7-10,13,15H,5-6,11-12,18H2,1-4H3. The molecule has 0 aromatic heterocycles. The molecule has 1 rings (SSSR count). The predicted octanol–water partition coefficient (Wildman–Crippen LogP) is 3.32. The lowest BCUT2D eigenvalue weighted by Crippen LogP contribution is -2.44. The average molecular weight is 292 g/mol. The molecule has 4 nitrogen and oxygen atoms in total. The highest BCUT2D eigenvalue weighted by atomic mass is 16.5. The highest BCUT2D eigenvalue weighted by Crippen LogP contribution is 2.16. The van der Waals surface area contributed by atoms with Crippen molar-refractivity contribution in [1.82, 2.24) is 4.90 Å². The molecular formula is C17H28N2O2. The van der Waals surface area contributed by atoms with Crippen LogP contribution in [0.3, 0.4) is 0 Å². The Morgan fingerprint density at radius 2 is 1.95 bits per heavy atom. The molecule has 2 N–H and O–H groups in total. The number of amides is 1. The van der Waals surface area contributed by atoms with Gasteiger partial charge in [0, 0.05) is 24.3 Å². The number of nitrogens with zero attached hydrogens (tertiary/aromatic N) is 1. The van der Waals surface area contributed by atoms with Gasteiger partial charge in [-0.2, -0.15) is 0 Å². The minimum Gasteiger partial charge on any atom is -0.484 e. The molecule has 1 aromatic rings. The third-order valence-corrected chi connectivity index (χ3v) is 3.49. The summed E-state index contributed by atoms with van der Waals surface area (Å²) in [6, 6.07) is 7.45. The molecule has 0 radical (unpaired) electrons. The Morgan fingerprint density at radius 3 is 2.48 bits per heavy atom. The van der Waals surface area contributed by atoms with Crippen LogP contribution in [0.5, 0.6) is 5.75 Å². The zero-order valence-corrected chi connectivity index (χ0v) is 13.6. The minimum atomic E-state index is 0.0415. The second kappa shape index (κ2) is 8.55. The fourth-order valence-corrected chi connectivity index (χ4v) is 2.41. The Balaban J connectivity index is 2.67. The zero-order valence-electron chi connectivity index (χ0n) is 13.6. The molecule has 0 heterocycles. The van der Waals surface area contributed by atoms with Crippen molar-refractivity contribution in [2.75, 3.05) is 18.9 Å². The summed E-state index contributed by atoms with van der Waals surface area (Å²) in [5.74, 6) is 1.12. The van der Waals surface area contributed by atoms with E-state index in [1.165, 1.54) is 0 Å². The van der Waals surface area contributed by atoms with Crippen molar-refractivity contribution in [2.45, 2.75) is 46.6 Å². The second-order valence-corrected chi connectivity index (χ2v) is 5.77. The van der Waals surface area contributed by atoms with Crippen LogP contribution in [-0.2, 0) is 4.79 Å². The minimum absolute atomic E-state index is 0.0415. The molecule has 0 atom stereocenters. The maximum absolute atomic E-state index is 12.5. The smallest absolute Gasteiger partial charge is 0.260 e. The van der Waals surface area contributed by atoms with Crippen molar-refractivity contribution in [2.24, 2.45) is 5.92 Å². The number of hydrogen-bond donors (Lipinski definition) is 1. The summed E-state index contributed by atoms with van der Waals surface area (Å²) in [6.45, 7) is 9.32. The highest BCUT2D eigenvalue weighted by molar-refractivity contribution is 5.78. The van der Waals surface area contributed by atoms with E-state index in [2.05, 4.69) is 27.7 Å². The van der Waals surface area contributed by atoms with Crippen molar-refractivity contribution in [3.8, 4) is 5.75 Å². The van der Waals surface area contributed by atoms with E-state index in [-0.39, 0.29) is 18.6 Å². The molecule has 118 valence electrons. The summed E-state index contributed by atoms with van der Waals surface area (Å²) in [5, 5.41) is 0. The first-order chi connectivity index (χ1) is 9.97. The maximum Gasteiger partial charge on any atom is 0.260 e. The van der Waals surface area contributed by atoms with Gasteiger partial charge in [0.25, 0.3) is 5.91 Å². The van der Waals surface area contributed by atoms with E-state index < -0.39 is 0 Å². The number of nitrogens with two attached hydrogens (primary N) is 1. The Hall–Kier alpha value is -1.71. The van der Waals surface area contributed by atoms with E-state index in [9.17, 15) is 4.79 Å². The van der Waals surface area contributed by atoms with Crippen LogP contribution in [0.25, 0.3) is 0 Å². The molecule has 0 saturated heterocycles. The van der Waals surface area contributed by atoms with Gasteiger partial charge in [-0.05, 0) is 30.9 Å². The number of ether oxygens (including phenoxy) is 1. The monoisotopic (exact) mass is 292 g/mol. The predicted molar refractivity (Wildman–Crippen MR) is 87.3 cm³/mol. The van der Waals surface area contributed by atoms with Gasteiger partial charge in [0.15, 0.2) is 6.61 Å². The molecule has 0 unspecified atom stereocenters. The van der Waals surface area contributed by atoms with Crippen LogP contribution in [0.15, 0.2) is 24.3 Å². The second-order valence-electron chi connectivity index (χ2n) is 5.77. The first kappa shape index (κ1) is 17.3. The zero-order chi connectivity index (χ0) is 15.8. The molecule has 0 spiro atoms. The lowest BCUT2D eigenvalue weighted by molar-refractivity contribution is -0.136. The fraction of sp³-hybridized carbons (Fsp3) is 0.588. The van der Waals surface area contributed by atoms with Gasteiger partial charge in [-0.15, -0.1) is 0 Å². The fourth-order valence-electron chi connectivity index (χ4n) is 2.41. The summed E-state index contributed by atoms with van der Waals surface area (Å²) >= 11 is 0. The van der Waals surface area contributed by atoms with Crippen molar-refractivity contribution in [3.63, 3.8) is 0 Å². The lowest BCUT2D eigenvalue weighted by Gasteiger charge is -2.32. The Kier molecular flexibility index (Phi) is 7.06. The number of hydrogen-bond acceptors (Lipinski definition) is 3. The van der Waals surface area contributed by atoms with E-state index in [0.29, 0.717) is 17.4 Å². The molecule has 0 bridgehead atoms. The van der Waals surface area contributed by atoms with E-state index in [1.54, 1.807) is 12.1 Å². The Bertz CT molecular complexity index is 442. The molecule has 0 saturated carbocycles. The largest absolute Gasteiger partial charge is 0.484 e. The maximum atomic E-state index is 12.5. The number of nitrogen functional groups attached to an aromatic ring is 1. The van der Waals surface area contributed by atoms with E-state index in [0.717, 1.165) is 19.4 Å². The number of anilines is 1. The van der Waals surface area contributed by atoms with Gasteiger partial charge in [-0.1, -0.05) is 33.8 Å². The molecule has 0 aliphatic heterocycles. The van der Waals surface area contributed by atoms with Crippen LogP contribution in [0, 0.1) is 5.92 Å². The number of carbonyl (C=O) groups excluding carboxylic acids is 1. The van der Waals surface area contributed by atoms with Crippen LogP contribution in [0.1, 0.15) is 40.5 Å². The van der Waals surface area contributed by atoms with E-state index in [4.69, 9.17) is 10.5 Å². The van der Waals surface area contributed by atoms with Gasteiger partial charge in [0.1, 0.15) is 5.75 Å². The number of rotatable bonds is 8. The van der Waals surface area contributed by atoms with Gasteiger partial charge in [-0.3, -0.25) is 4.79 Å². The van der Waals surface area contributed by atoms with Crippen LogP contribution in [0.2, 0.25) is 0 Å². The van der Waals surface area contributed by atoms with Crippen molar-refractivity contribution >= 4 is 11.6 Å². The lowest BCUT2D eigenvalue weighted by atomic mass is 10.1. The first-order valence-electron chi connectivity index (χ1n) is 7.75. The van der Waals surface area contributed by atoms with Gasteiger partial charge in [-0.25, -0.2) is 0 Å². The van der Waals surface area contributed by atoms with Crippen LogP contribution in [0.4, 0.5) is 5.69 Å². The Labute approximate surface area is 128 Å². The molecule has 0 fully saturated rings. The molecular weight excluding hydrogens is 264 g/mol. The average Bonchev–Trinajstić information content (AvgIpc) is 2.44. The Morgan fingerprint density at radius 1 is 1.29 bits per heavy atom. The number of benzene rings is 1. The summed E-state index contributed by atoms with van der Waals surface area (Å²) in [4.78, 5) is 14.4. The number of carbonyl (C=O) groups is 1. The summed E-state index contributed by atoms with van der Waals surface area (Å²) in [6.07, 6.45) is 1.93. The summed E-state index contributed by atoms with van der Waals surface area (Å²) in [5.41, 5.74) is 6.34. The van der Waals surface area contributed by atoms with E-state index >= 15 is 0 Å². The molecule has 4 heteroatoms. The van der Waals surface area contributed by atoms with E-state index in [1.807, 2.05) is 17.0 Å². The summed E-state index contributed by atoms with van der Waals surface area (Å²) in [7, 11) is 0. The molecule has 21 heavy (non-hydrogen) atoms. The SMILES string of the molecule is CCC(CC)N(CC(C)C)C(=O)COc1cccc(N)c1. The van der Waals surface area contributed by atoms with Crippen LogP contribution in [-0.4, -0.2) is 30.0 Å². The molecule has 1 amide bonds. The van der Waals surface area contributed by atoms with Gasteiger partial charge in [0.2, 0.25) is 0 Å². The first-order valence-corrected chi connectivity index (χ1v) is 7.75. The van der Waals surface area contributed by atoms with Gasteiger partial charge < -0.3 is 15.4 Å². The third kappa shape index (κ3) is 5.66. The molecule has 0 aliphatic rings.